The Hall–Kier alpha value is -1.82. The summed E-state index contributed by atoms with van der Waals surface area (Å²) in [6, 6.07) is 2.87. The molecule has 1 aromatic heterocycles. The highest BCUT2D eigenvalue weighted by Crippen LogP contribution is 2.38. The summed E-state index contributed by atoms with van der Waals surface area (Å²) in [5.41, 5.74) is 2.20. The van der Waals surface area contributed by atoms with Crippen molar-refractivity contribution in [3.63, 3.8) is 0 Å². The van der Waals surface area contributed by atoms with E-state index in [1.54, 1.807) is 13.8 Å². The summed E-state index contributed by atoms with van der Waals surface area (Å²) in [5.74, 6) is -0.612. The summed E-state index contributed by atoms with van der Waals surface area (Å²) in [6.45, 7) is 6.38. The summed E-state index contributed by atoms with van der Waals surface area (Å²) < 4.78 is 24.9. The lowest BCUT2D eigenvalue weighted by Gasteiger charge is -2.15. The van der Waals surface area contributed by atoms with Crippen LogP contribution in [0.5, 0.6) is 0 Å². The van der Waals surface area contributed by atoms with Gasteiger partial charge in [-0.3, -0.25) is 0 Å². The number of esters is 1. The molecule has 0 radical (unpaired) electrons. The number of rotatable bonds is 5. The minimum Gasteiger partial charge on any atom is -0.463 e. The van der Waals surface area contributed by atoms with Crippen LogP contribution in [-0.4, -0.2) is 19.1 Å². The molecule has 2 rings (SSSR count). The van der Waals surface area contributed by atoms with Gasteiger partial charge in [-0.2, -0.15) is 0 Å². The lowest BCUT2D eigenvalue weighted by atomic mass is 10.0. The second kappa shape index (κ2) is 6.96. The quantitative estimate of drug-likeness (QED) is 0.771. The Kier molecular flexibility index (Phi) is 5.24. The van der Waals surface area contributed by atoms with Gasteiger partial charge >= 0.3 is 5.97 Å². The SMILES string of the molecule is CCNc1c(-c2occc2C(=O)OCC)cc(F)c(Br)c1C. The van der Waals surface area contributed by atoms with Crippen molar-refractivity contribution in [3.05, 3.63) is 39.8 Å². The Labute approximate surface area is 136 Å². The number of anilines is 1. The number of carbonyl (C=O) groups excluding carboxylic acids is 1. The maximum atomic E-state index is 14.1. The van der Waals surface area contributed by atoms with Crippen LogP contribution in [0.2, 0.25) is 0 Å². The standard InChI is InChI=1S/C16H17BrFNO3/c1-4-19-14-9(3)13(17)12(18)8-11(14)15-10(6-7-22-15)16(20)21-5-2/h6-8,19H,4-5H2,1-3H3. The summed E-state index contributed by atoms with van der Waals surface area (Å²) in [5, 5.41) is 3.19. The van der Waals surface area contributed by atoms with Gasteiger partial charge in [0.15, 0.2) is 5.76 Å². The van der Waals surface area contributed by atoms with Crippen LogP contribution in [0.1, 0.15) is 29.8 Å². The van der Waals surface area contributed by atoms with Gasteiger partial charge in [0, 0.05) is 17.8 Å². The van der Waals surface area contributed by atoms with Crippen LogP contribution in [0.25, 0.3) is 11.3 Å². The molecule has 1 N–H and O–H groups in total. The van der Waals surface area contributed by atoms with Crippen molar-refractivity contribution in [2.45, 2.75) is 20.8 Å². The number of furan rings is 1. The average molecular weight is 370 g/mol. The van der Waals surface area contributed by atoms with Gasteiger partial charge in [0.25, 0.3) is 0 Å². The minimum absolute atomic E-state index is 0.261. The van der Waals surface area contributed by atoms with Gasteiger partial charge in [-0.25, -0.2) is 9.18 Å². The molecule has 0 saturated carbocycles. The topological polar surface area (TPSA) is 51.5 Å². The van der Waals surface area contributed by atoms with Crippen molar-refractivity contribution in [2.24, 2.45) is 0 Å². The molecule has 0 aliphatic heterocycles. The Morgan fingerprint density at radius 3 is 2.82 bits per heavy atom. The van der Waals surface area contributed by atoms with E-state index in [9.17, 15) is 9.18 Å². The van der Waals surface area contributed by atoms with Crippen molar-refractivity contribution >= 4 is 27.6 Å². The highest BCUT2D eigenvalue weighted by atomic mass is 79.9. The molecule has 0 amide bonds. The van der Waals surface area contributed by atoms with Crippen molar-refractivity contribution in [2.75, 3.05) is 18.5 Å². The van der Waals surface area contributed by atoms with Gasteiger partial charge in [0.2, 0.25) is 0 Å². The maximum Gasteiger partial charge on any atom is 0.342 e. The summed E-state index contributed by atoms with van der Waals surface area (Å²) in [6.07, 6.45) is 1.40. The number of halogens is 2. The fourth-order valence-electron chi connectivity index (χ4n) is 2.22. The Morgan fingerprint density at radius 2 is 2.18 bits per heavy atom. The van der Waals surface area contributed by atoms with Gasteiger partial charge in [0.1, 0.15) is 11.4 Å². The number of ether oxygens (including phenoxy) is 1. The van der Waals surface area contributed by atoms with Crippen LogP contribution in [0.4, 0.5) is 10.1 Å². The Morgan fingerprint density at radius 1 is 1.45 bits per heavy atom. The second-order valence-electron chi connectivity index (χ2n) is 4.63. The monoisotopic (exact) mass is 369 g/mol. The zero-order valence-corrected chi connectivity index (χ0v) is 14.2. The first kappa shape index (κ1) is 16.5. The van der Waals surface area contributed by atoms with Crippen molar-refractivity contribution in [1.82, 2.24) is 0 Å². The van der Waals surface area contributed by atoms with Crippen LogP contribution < -0.4 is 5.32 Å². The normalized spacial score (nSPS) is 10.6. The van der Waals surface area contributed by atoms with Gasteiger partial charge in [-0.05, 0) is 54.4 Å². The van der Waals surface area contributed by atoms with Crippen LogP contribution in [0.3, 0.4) is 0 Å². The van der Waals surface area contributed by atoms with Gasteiger partial charge in [-0.1, -0.05) is 0 Å². The smallest absolute Gasteiger partial charge is 0.342 e. The fraction of sp³-hybridized carbons (Fsp3) is 0.312. The predicted octanol–water partition coefficient (Wildman–Crippen LogP) is 4.77. The number of hydrogen-bond acceptors (Lipinski definition) is 4. The van der Waals surface area contributed by atoms with E-state index < -0.39 is 11.8 Å². The summed E-state index contributed by atoms with van der Waals surface area (Å²) in [4.78, 5) is 12.0. The van der Waals surface area contributed by atoms with Crippen LogP contribution in [0, 0.1) is 12.7 Å². The van der Waals surface area contributed by atoms with Crippen LogP contribution >= 0.6 is 15.9 Å². The molecule has 22 heavy (non-hydrogen) atoms. The summed E-state index contributed by atoms with van der Waals surface area (Å²) >= 11 is 3.23. The number of nitrogens with one attached hydrogen (secondary N) is 1. The molecule has 118 valence electrons. The zero-order chi connectivity index (χ0) is 16.3. The van der Waals surface area contributed by atoms with Crippen molar-refractivity contribution in [3.8, 4) is 11.3 Å². The van der Waals surface area contributed by atoms with Gasteiger partial charge in [0.05, 0.1) is 17.3 Å². The molecular formula is C16H17BrFNO3. The largest absolute Gasteiger partial charge is 0.463 e. The highest BCUT2D eigenvalue weighted by molar-refractivity contribution is 9.10. The first-order valence-electron chi connectivity index (χ1n) is 6.98. The number of hydrogen-bond donors (Lipinski definition) is 1. The van der Waals surface area contributed by atoms with E-state index >= 15 is 0 Å². The van der Waals surface area contributed by atoms with Crippen LogP contribution in [-0.2, 0) is 4.74 Å². The second-order valence-corrected chi connectivity index (χ2v) is 5.43. The molecule has 1 aromatic carbocycles. The van der Waals surface area contributed by atoms with Crippen molar-refractivity contribution < 1.29 is 18.3 Å². The lowest BCUT2D eigenvalue weighted by Crippen LogP contribution is -2.07. The molecular weight excluding hydrogens is 353 g/mol. The third-order valence-corrected chi connectivity index (χ3v) is 4.19. The molecule has 0 saturated heterocycles. The fourth-order valence-corrected chi connectivity index (χ4v) is 2.54. The molecule has 4 nitrogen and oxygen atoms in total. The molecule has 0 aliphatic carbocycles. The molecule has 0 aliphatic rings. The van der Waals surface area contributed by atoms with Gasteiger partial charge in [-0.15, -0.1) is 0 Å². The molecule has 2 aromatic rings. The average Bonchev–Trinajstić information content (AvgIpc) is 2.97. The maximum absolute atomic E-state index is 14.1. The van der Waals surface area contributed by atoms with Crippen LogP contribution in [0.15, 0.2) is 27.3 Å². The minimum atomic E-state index is -0.491. The molecule has 0 unspecified atom stereocenters. The molecule has 0 fully saturated rings. The zero-order valence-electron chi connectivity index (χ0n) is 12.6. The van der Waals surface area contributed by atoms with E-state index in [2.05, 4.69) is 21.2 Å². The van der Waals surface area contributed by atoms with Gasteiger partial charge < -0.3 is 14.5 Å². The number of carbonyl (C=O) groups is 1. The molecule has 1 heterocycles. The third-order valence-electron chi connectivity index (χ3n) is 3.21. The lowest BCUT2D eigenvalue weighted by molar-refractivity contribution is 0.0527. The number of benzene rings is 1. The Bertz CT molecular complexity index is 697. The first-order valence-corrected chi connectivity index (χ1v) is 7.77. The van der Waals surface area contributed by atoms with E-state index in [4.69, 9.17) is 9.15 Å². The molecule has 0 spiro atoms. The Balaban J connectivity index is 2.63. The third kappa shape index (κ3) is 3.02. The molecule has 0 atom stereocenters. The van der Waals surface area contributed by atoms with E-state index in [0.717, 1.165) is 5.69 Å². The van der Waals surface area contributed by atoms with E-state index in [0.29, 0.717) is 27.9 Å². The molecule has 0 bridgehead atoms. The van der Waals surface area contributed by atoms with Crippen molar-refractivity contribution in [1.29, 1.82) is 0 Å². The van der Waals surface area contributed by atoms with E-state index in [1.807, 2.05) is 6.92 Å². The predicted molar refractivity (Wildman–Crippen MR) is 86.7 cm³/mol. The molecule has 6 heteroatoms. The highest BCUT2D eigenvalue weighted by Gasteiger charge is 2.23. The summed E-state index contributed by atoms with van der Waals surface area (Å²) in [7, 11) is 0. The van der Waals surface area contributed by atoms with E-state index in [-0.39, 0.29) is 12.2 Å². The first-order chi connectivity index (χ1) is 10.5. The van der Waals surface area contributed by atoms with E-state index in [1.165, 1.54) is 18.4 Å².